The van der Waals surface area contributed by atoms with Crippen molar-refractivity contribution in [2.45, 2.75) is 56.6 Å². The maximum absolute atomic E-state index is 16.0. The smallest absolute Gasteiger partial charge is 0.319 e. The average Bonchev–Trinajstić information content (AvgIpc) is 3.44. The lowest BCUT2D eigenvalue weighted by atomic mass is 9.95. The van der Waals surface area contributed by atoms with Crippen LogP contribution in [0, 0.1) is 11.6 Å². The molecule has 1 aromatic carbocycles. The molecule has 3 saturated heterocycles. The van der Waals surface area contributed by atoms with Gasteiger partial charge >= 0.3 is 6.01 Å². The number of rotatable bonds is 5. The lowest BCUT2D eigenvalue weighted by molar-refractivity contribution is 0.0447. The van der Waals surface area contributed by atoms with Crippen molar-refractivity contribution in [1.29, 1.82) is 0 Å². The van der Waals surface area contributed by atoms with Crippen LogP contribution in [0.25, 0.3) is 22.2 Å². The number of aromatic hydroxyl groups is 1. The fraction of sp³-hybridized carbons (Fsp3) is 0.519. The van der Waals surface area contributed by atoms with E-state index in [1.54, 1.807) is 6.92 Å². The number of benzene rings is 1. The lowest BCUT2D eigenvalue weighted by Crippen LogP contribution is -2.46. The second kappa shape index (κ2) is 9.02. The van der Waals surface area contributed by atoms with E-state index in [4.69, 9.17) is 4.74 Å². The number of phenols is 1. The van der Waals surface area contributed by atoms with Crippen LogP contribution < -0.4 is 9.64 Å². The molecule has 3 aliphatic rings. The molecule has 0 saturated carbocycles. The van der Waals surface area contributed by atoms with Crippen LogP contribution in [-0.2, 0) is 0 Å². The van der Waals surface area contributed by atoms with Gasteiger partial charge in [-0.3, -0.25) is 9.88 Å². The Morgan fingerprint density at radius 1 is 1.05 bits per heavy atom. The van der Waals surface area contributed by atoms with Gasteiger partial charge in [0.15, 0.2) is 5.82 Å². The van der Waals surface area contributed by atoms with Gasteiger partial charge in [0.05, 0.1) is 16.5 Å². The van der Waals surface area contributed by atoms with Crippen molar-refractivity contribution in [1.82, 2.24) is 19.9 Å². The van der Waals surface area contributed by atoms with E-state index in [1.165, 1.54) is 12.3 Å². The zero-order valence-electron chi connectivity index (χ0n) is 20.9. The predicted molar refractivity (Wildman–Crippen MR) is 135 cm³/mol. The molecule has 2 N–H and O–H groups in total. The van der Waals surface area contributed by atoms with E-state index in [-0.39, 0.29) is 34.1 Å². The van der Waals surface area contributed by atoms with Crippen molar-refractivity contribution in [3.63, 3.8) is 0 Å². The summed E-state index contributed by atoms with van der Waals surface area (Å²) in [4.78, 5) is 17.7. The highest BCUT2D eigenvalue weighted by atomic mass is 19.1. The largest absolute Gasteiger partial charge is 0.508 e. The molecule has 37 heavy (non-hydrogen) atoms. The molecule has 10 heteroatoms. The molecule has 0 spiro atoms. The van der Waals surface area contributed by atoms with Crippen LogP contribution in [0.2, 0.25) is 0 Å². The number of fused-ring (bicyclic) bond motifs is 2. The first-order chi connectivity index (χ1) is 17.7. The van der Waals surface area contributed by atoms with Gasteiger partial charge in [-0.2, -0.15) is 9.97 Å². The Bertz CT molecular complexity index is 1340. The van der Waals surface area contributed by atoms with Crippen molar-refractivity contribution in [3.05, 3.63) is 36.0 Å². The number of hydrogen-bond donors (Lipinski definition) is 2. The summed E-state index contributed by atoms with van der Waals surface area (Å²) in [5.41, 5.74) is -1.40. The molecule has 1 unspecified atom stereocenters. The second-order valence-corrected chi connectivity index (χ2v) is 10.9. The van der Waals surface area contributed by atoms with Crippen LogP contribution in [0.1, 0.15) is 45.4 Å². The molecule has 3 aliphatic heterocycles. The topological polar surface area (TPSA) is 94.8 Å². The fourth-order valence-corrected chi connectivity index (χ4v) is 6.27. The Labute approximate surface area is 213 Å². The summed E-state index contributed by atoms with van der Waals surface area (Å²) in [7, 11) is 0. The standard InChI is InChI=1S/C27H31F2N5O3/c1-26(36)7-2-10-33(15-26)24-19-14-30-22(18-13-17(35)5-6-20(18)28)21(29)23(19)31-25(32-24)37-16-27-8-3-11-34(27)12-4-9-27/h5-6,13-14,35-36H,2-4,7-12,15-16H2,1H3. The number of aromatic nitrogens is 3. The first kappa shape index (κ1) is 24.2. The van der Waals surface area contributed by atoms with Gasteiger partial charge in [-0.05, 0) is 76.7 Å². The van der Waals surface area contributed by atoms with Gasteiger partial charge in [0.25, 0.3) is 0 Å². The van der Waals surface area contributed by atoms with Crippen LogP contribution >= 0.6 is 0 Å². The van der Waals surface area contributed by atoms with Crippen LogP contribution in [0.5, 0.6) is 11.8 Å². The van der Waals surface area contributed by atoms with E-state index in [2.05, 4.69) is 19.9 Å². The van der Waals surface area contributed by atoms with Crippen molar-refractivity contribution >= 4 is 16.7 Å². The van der Waals surface area contributed by atoms with E-state index >= 15 is 4.39 Å². The van der Waals surface area contributed by atoms with Crippen LogP contribution in [-0.4, -0.2) is 74.0 Å². The Morgan fingerprint density at radius 3 is 2.57 bits per heavy atom. The number of β-amino-alcohol motifs (C(OH)–C–C–N with tert-alkyl or cyclic N) is 1. The molecule has 0 bridgehead atoms. The van der Waals surface area contributed by atoms with Crippen molar-refractivity contribution in [3.8, 4) is 23.0 Å². The molecule has 3 aromatic rings. The maximum atomic E-state index is 16.0. The molecule has 196 valence electrons. The number of anilines is 1. The zero-order valence-corrected chi connectivity index (χ0v) is 20.9. The third-order valence-corrected chi connectivity index (χ3v) is 8.10. The molecule has 0 aliphatic carbocycles. The van der Waals surface area contributed by atoms with Gasteiger partial charge in [-0.1, -0.05) is 0 Å². The second-order valence-electron chi connectivity index (χ2n) is 10.9. The first-order valence-electron chi connectivity index (χ1n) is 13.0. The molecule has 5 heterocycles. The lowest BCUT2D eigenvalue weighted by Gasteiger charge is -2.38. The third-order valence-electron chi connectivity index (χ3n) is 8.10. The van der Waals surface area contributed by atoms with Gasteiger partial charge < -0.3 is 19.8 Å². The number of piperidine rings is 1. The van der Waals surface area contributed by atoms with Crippen LogP contribution in [0.4, 0.5) is 14.6 Å². The zero-order chi connectivity index (χ0) is 25.8. The fourth-order valence-electron chi connectivity index (χ4n) is 6.27. The number of pyridine rings is 1. The number of nitrogens with zero attached hydrogens (tertiary/aromatic N) is 5. The highest BCUT2D eigenvalue weighted by Gasteiger charge is 2.45. The number of phenolic OH excluding ortho intramolecular Hbond substituents is 1. The van der Waals surface area contributed by atoms with E-state index in [1.807, 2.05) is 4.90 Å². The summed E-state index contributed by atoms with van der Waals surface area (Å²) in [6.45, 7) is 5.24. The van der Waals surface area contributed by atoms with E-state index in [9.17, 15) is 14.6 Å². The maximum Gasteiger partial charge on any atom is 0.319 e. The van der Waals surface area contributed by atoms with Gasteiger partial charge in [0.2, 0.25) is 0 Å². The summed E-state index contributed by atoms with van der Waals surface area (Å²) in [6, 6.07) is 3.45. The van der Waals surface area contributed by atoms with Crippen LogP contribution in [0.3, 0.4) is 0 Å². The normalized spacial score (nSPS) is 23.5. The highest BCUT2D eigenvalue weighted by molar-refractivity contribution is 5.92. The highest BCUT2D eigenvalue weighted by Crippen LogP contribution is 2.40. The van der Waals surface area contributed by atoms with Crippen molar-refractivity contribution < 1.29 is 23.7 Å². The Morgan fingerprint density at radius 2 is 1.81 bits per heavy atom. The summed E-state index contributed by atoms with van der Waals surface area (Å²) >= 11 is 0. The van der Waals surface area contributed by atoms with Crippen molar-refractivity contribution in [2.75, 3.05) is 37.7 Å². The minimum atomic E-state index is -0.916. The molecular formula is C27H31F2N5O3. The van der Waals surface area contributed by atoms with E-state index in [0.29, 0.717) is 37.3 Å². The van der Waals surface area contributed by atoms with Gasteiger partial charge in [-0.15, -0.1) is 0 Å². The molecule has 0 radical (unpaired) electrons. The molecule has 8 nitrogen and oxygen atoms in total. The SMILES string of the molecule is CC1(O)CCCN(c2nc(OCC34CCCN3CCC4)nc3c(F)c(-c4cc(O)ccc4F)ncc23)C1. The van der Waals surface area contributed by atoms with E-state index in [0.717, 1.165) is 57.3 Å². The summed E-state index contributed by atoms with van der Waals surface area (Å²) in [6.07, 6.45) is 7.15. The van der Waals surface area contributed by atoms with Gasteiger partial charge in [-0.25, -0.2) is 8.78 Å². The minimum Gasteiger partial charge on any atom is -0.508 e. The quantitative estimate of drug-likeness (QED) is 0.530. The van der Waals surface area contributed by atoms with Gasteiger partial charge in [0.1, 0.15) is 35.2 Å². The number of hydrogen-bond acceptors (Lipinski definition) is 8. The number of halogens is 2. The number of ether oxygens (including phenoxy) is 1. The molecule has 2 aromatic heterocycles. The Hall–Kier alpha value is -3.11. The van der Waals surface area contributed by atoms with E-state index < -0.39 is 17.2 Å². The average molecular weight is 512 g/mol. The molecule has 0 amide bonds. The predicted octanol–water partition coefficient (Wildman–Crippen LogP) is 4.03. The monoisotopic (exact) mass is 511 g/mol. The minimum absolute atomic E-state index is 0.0369. The summed E-state index contributed by atoms with van der Waals surface area (Å²) in [5, 5.41) is 20.9. The van der Waals surface area contributed by atoms with Crippen LogP contribution in [0.15, 0.2) is 24.4 Å². The molecule has 1 atom stereocenters. The molecule has 6 rings (SSSR count). The molecular weight excluding hydrogens is 480 g/mol. The first-order valence-corrected chi connectivity index (χ1v) is 13.0. The summed E-state index contributed by atoms with van der Waals surface area (Å²) in [5.74, 6) is -1.29. The Balaban J connectivity index is 1.45. The number of aliphatic hydroxyl groups is 1. The third kappa shape index (κ3) is 4.35. The molecule has 3 fully saturated rings. The van der Waals surface area contributed by atoms with Crippen molar-refractivity contribution in [2.24, 2.45) is 0 Å². The summed E-state index contributed by atoms with van der Waals surface area (Å²) < 4.78 is 36.7. The Kier molecular flexibility index (Phi) is 5.91. The van der Waals surface area contributed by atoms with Gasteiger partial charge in [0, 0.05) is 24.8 Å².